The van der Waals surface area contributed by atoms with E-state index in [0.717, 1.165) is 12.1 Å². The maximum Gasteiger partial charge on any atom is 0.342 e. The summed E-state index contributed by atoms with van der Waals surface area (Å²) in [5, 5.41) is 39.7. The van der Waals surface area contributed by atoms with Gasteiger partial charge in [0.25, 0.3) is 0 Å². The Morgan fingerprint density at radius 3 is 2.58 bits per heavy atom. The molecular weight excluding hydrogens is 364 g/mol. The van der Waals surface area contributed by atoms with E-state index < -0.39 is 29.7 Å². The number of fused-ring (bicyclic) bond motifs is 2. The van der Waals surface area contributed by atoms with Crippen molar-refractivity contribution in [2.45, 2.75) is 44.2 Å². The van der Waals surface area contributed by atoms with Crippen molar-refractivity contribution in [3.8, 4) is 11.5 Å². The zero-order valence-corrected chi connectivity index (χ0v) is 14.7. The van der Waals surface area contributed by atoms with Crippen LogP contribution in [0, 0.1) is 0 Å². The second-order valence-electron chi connectivity index (χ2n) is 6.41. The number of benzene rings is 1. The third-order valence-corrected chi connectivity index (χ3v) is 4.68. The van der Waals surface area contributed by atoms with E-state index in [-0.39, 0.29) is 34.1 Å². The number of hydrogen-bond donors (Lipinski definition) is 4. The largest absolute Gasteiger partial charge is 0.508 e. The number of rotatable bonds is 0. The Morgan fingerprint density at radius 2 is 1.85 bits per heavy atom. The van der Waals surface area contributed by atoms with Gasteiger partial charge >= 0.3 is 5.97 Å². The molecule has 7 nitrogen and oxygen atoms in total. The van der Waals surface area contributed by atoms with E-state index in [1.807, 2.05) is 0 Å². The molecule has 1 aromatic carbocycles. The number of epoxide rings is 1. The van der Waals surface area contributed by atoms with E-state index in [9.17, 15) is 25.2 Å². The number of hydrogen-bond acceptors (Lipinski definition) is 7. The summed E-state index contributed by atoms with van der Waals surface area (Å²) in [7, 11) is 0. The number of phenols is 2. The zero-order chi connectivity index (χ0) is 19.0. The number of phenolic OH excluding ortho intramolecular Hbond substituents is 2. The van der Waals surface area contributed by atoms with Gasteiger partial charge in [-0.25, -0.2) is 4.79 Å². The Hall–Kier alpha value is -2.22. The molecule has 1 aromatic rings. The molecule has 0 spiro atoms. The van der Waals surface area contributed by atoms with E-state index in [1.165, 1.54) is 12.2 Å². The molecule has 140 valence electrons. The summed E-state index contributed by atoms with van der Waals surface area (Å²) in [5.74, 6) is -2.15. The fraction of sp³-hybridized carbons (Fsp3) is 0.389. The summed E-state index contributed by atoms with van der Waals surface area (Å²) in [6, 6.07) is 0.931. The maximum absolute atomic E-state index is 12.5. The van der Waals surface area contributed by atoms with E-state index in [2.05, 4.69) is 0 Å². The highest BCUT2D eigenvalue weighted by molar-refractivity contribution is 6.34. The summed E-state index contributed by atoms with van der Waals surface area (Å²) >= 11 is 6.04. The molecule has 2 aliphatic rings. The second-order valence-corrected chi connectivity index (χ2v) is 6.79. The fourth-order valence-corrected chi connectivity index (χ4v) is 3.14. The molecule has 8 heteroatoms. The van der Waals surface area contributed by atoms with Gasteiger partial charge in [-0.15, -0.1) is 0 Å². The van der Waals surface area contributed by atoms with Crippen LogP contribution < -0.4 is 0 Å². The van der Waals surface area contributed by atoms with E-state index in [0.29, 0.717) is 12.8 Å². The molecule has 2 aliphatic heterocycles. The topological polar surface area (TPSA) is 120 Å². The fourth-order valence-electron chi connectivity index (χ4n) is 2.93. The first kappa shape index (κ1) is 18.6. The normalized spacial score (nSPS) is 29.0. The van der Waals surface area contributed by atoms with Crippen LogP contribution in [0.1, 0.15) is 35.7 Å². The Kier molecular flexibility index (Phi) is 5.13. The van der Waals surface area contributed by atoms with Crippen molar-refractivity contribution < 1.29 is 34.7 Å². The van der Waals surface area contributed by atoms with Crippen LogP contribution in [-0.4, -0.2) is 50.8 Å². The summed E-state index contributed by atoms with van der Waals surface area (Å²) in [4.78, 5) is 12.5. The molecule has 0 bridgehead atoms. The molecule has 0 radical (unpaired) electrons. The highest BCUT2D eigenvalue weighted by Gasteiger charge is 2.41. The minimum absolute atomic E-state index is 0.0874. The lowest BCUT2D eigenvalue weighted by Crippen LogP contribution is -2.19. The van der Waals surface area contributed by atoms with Crippen molar-refractivity contribution in [1.82, 2.24) is 0 Å². The number of cyclic esters (lactones) is 1. The maximum atomic E-state index is 12.5. The van der Waals surface area contributed by atoms with Crippen molar-refractivity contribution >= 4 is 23.6 Å². The molecule has 1 fully saturated rings. The highest BCUT2D eigenvalue weighted by atomic mass is 35.5. The lowest BCUT2D eigenvalue weighted by atomic mass is 10.0. The summed E-state index contributed by atoms with van der Waals surface area (Å²) in [5.41, 5.74) is -0.360. The van der Waals surface area contributed by atoms with Gasteiger partial charge in [-0.3, -0.25) is 0 Å². The summed E-state index contributed by atoms with van der Waals surface area (Å²) in [6.07, 6.45) is 2.91. The van der Waals surface area contributed by atoms with Crippen molar-refractivity contribution in [1.29, 1.82) is 0 Å². The Bertz CT molecular complexity index is 786. The van der Waals surface area contributed by atoms with Crippen LogP contribution in [0.3, 0.4) is 0 Å². The molecule has 4 N–H and O–H groups in total. The molecule has 2 heterocycles. The highest BCUT2D eigenvalue weighted by Crippen LogP contribution is 2.38. The number of allylic oxidation sites excluding steroid dienone is 1. The molecule has 0 amide bonds. The summed E-state index contributed by atoms with van der Waals surface area (Å²) in [6.45, 7) is 1.69. The van der Waals surface area contributed by atoms with Gasteiger partial charge in [-0.05, 0) is 19.1 Å². The molecular formula is C18H19ClO7. The Morgan fingerprint density at radius 1 is 1.15 bits per heavy atom. The molecule has 26 heavy (non-hydrogen) atoms. The molecule has 4 atom stereocenters. The summed E-state index contributed by atoms with van der Waals surface area (Å²) < 4.78 is 10.8. The average Bonchev–Trinajstić information content (AvgIpc) is 3.26. The Labute approximate surface area is 154 Å². The predicted octanol–water partition coefficient (Wildman–Crippen LogP) is 2.67. The van der Waals surface area contributed by atoms with Gasteiger partial charge < -0.3 is 29.9 Å². The van der Waals surface area contributed by atoms with Crippen LogP contribution in [0.5, 0.6) is 11.5 Å². The third kappa shape index (κ3) is 3.95. The molecule has 3 rings (SSSR count). The van der Waals surface area contributed by atoms with Crippen LogP contribution in [0.4, 0.5) is 0 Å². The quantitative estimate of drug-likeness (QED) is 0.402. The number of carbonyl (C=O) groups is 1. The van der Waals surface area contributed by atoms with Crippen LogP contribution in [0.25, 0.3) is 6.08 Å². The first-order chi connectivity index (χ1) is 12.3. The molecule has 0 aromatic heterocycles. The van der Waals surface area contributed by atoms with E-state index in [1.54, 1.807) is 6.92 Å². The van der Waals surface area contributed by atoms with Gasteiger partial charge in [0.2, 0.25) is 0 Å². The van der Waals surface area contributed by atoms with E-state index in [4.69, 9.17) is 21.1 Å². The van der Waals surface area contributed by atoms with Gasteiger partial charge in [-0.2, -0.15) is 0 Å². The molecule has 0 saturated carbocycles. The average molecular weight is 383 g/mol. The lowest BCUT2D eigenvalue weighted by Gasteiger charge is -2.16. The second kappa shape index (κ2) is 7.19. The van der Waals surface area contributed by atoms with Gasteiger partial charge in [0.05, 0.1) is 23.3 Å². The van der Waals surface area contributed by atoms with Gasteiger partial charge in [0.15, 0.2) is 0 Å². The van der Waals surface area contributed by atoms with Crippen molar-refractivity contribution in [3.63, 3.8) is 0 Å². The molecule has 0 unspecified atom stereocenters. The van der Waals surface area contributed by atoms with Crippen LogP contribution in [-0.2, 0) is 9.47 Å². The van der Waals surface area contributed by atoms with Crippen molar-refractivity contribution in [3.05, 3.63) is 40.1 Å². The van der Waals surface area contributed by atoms with Crippen LogP contribution in [0.2, 0.25) is 5.02 Å². The number of aromatic hydroxyl groups is 2. The minimum Gasteiger partial charge on any atom is -0.508 e. The standard InChI is InChI=1S/C18H19ClO7/c1-8-4-14-15(26-14)6-10(21)3-2-9(20)5-11-16(18(24)25-8)12(22)7-13(23)17(11)19/h2-3,5,7-8,10,14-15,20-23H,4,6H2,1H3/t8-,10+,14+,15-/m0/s1. The number of aliphatic hydroxyl groups is 2. The number of esters is 1. The predicted molar refractivity (Wildman–Crippen MR) is 93.3 cm³/mol. The van der Waals surface area contributed by atoms with Crippen molar-refractivity contribution in [2.24, 2.45) is 0 Å². The monoisotopic (exact) mass is 382 g/mol. The van der Waals surface area contributed by atoms with Crippen molar-refractivity contribution in [2.75, 3.05) is 0 Å². The number of aliphatic hydroxyl groups excluding tert-OH is 2. The molecule has 0 aliphatic carbocycles. The van der Waals surface area contributed by atoms with Gasteiger partial charge in [0.1, 0.15) is 28.9 Å². The van der Waals surface area contributed by atoms with Crippen LogP contribution >= 0.6 is 11.6 Å². The zero-order valence-electron chi connectivity index (χ0n) is 13.9. The van der Waals surface area contributed by atoms with Gasteiger partial charge in [-0.1, -0.05) is 17.7 Å². The third-order valence-electron chi connectivity index (χ3n) is 4.28. The first-order valence-electron chi connectivity index (χ1n) is 8.14. The Balaban J connectivity index is 2.06. The first-order valence-corrected chi connectivity index (χ1v) is 8.52. The number of ether oxygens (including phenoxy) is 2. The van der Waals surface area contributed by atoms with E-state index >= 15 is 0 Å². The molecule has 1 saturated heterocycles. The lowest BCUT2D eigenvalue weighted by molar-refractivity contribution is 0.0306. The van der Waals surface area contributed by atoms with Crippen LogP contribution in [0.15, 0.2) is 24.0 Å². The smallest absolute Gasteiger partial charge is 0.342 e. The SMILES string of the molecule is C[C@H]1C[C@H]2O[C@H]2C[C@H](O)C=CC(O)=Cc2c(Cl)c(O)cc(O)c2C(=O)O1. The number of halogens is 1. The minimum atomic E-state index is -0.839. The van der Waals surface area contributed by atoms with Gasteiger partial charge in [0, 0.05) is 24.5 Å². The number of carbonyl (C=O) groups excluding carboxylic acids is 1.